The molecule has 1 rings (SSSR count). The molecule has 1 saturated carbocycles. The normalized spacial score (nSPS) is 13.3. The molecule has 0 atom stereocenters. The first kappa shape index (κ1) is 67.0. The summed E-state index contributed by atoms with van der Waals surface area (Å²) in [6.45, 7) is 2.32. The molecule has 0 radical (unpaired) electrons. The van der Waals surface area contributed by atoms with E-state index in [9.17, 15) is 0 Å². The van der Waals surface area contributed by atoms with Crippen LogP contribution in [0.5, 0.6) is 0 Å². The summed E-state index contributed by atoms with van der Waals surface area (Å²) in [5.41, 5.74) is 0. The van der Waals surface area contributed by atoms with E-state index >= 15 is 0 Å². The lowest BCUT2D eigenvalue weighted by Crippen LogP contribution is -2.05. The van der Waals surface area contributed by atoms with Gasteiger partial charge in [-0.1, -0.05) is 437 Å². The number of rotatable bonds is 62. The Balaban J connectivity index is 1.58. The maximum atomic E-state index is 2.32. The highest BCUT2D eigenvalue weighted by Crippen LogP contribution is 2.28. The SMILES string of the molecule is CCCCCCCCCCCCCCCCCCCCCCCCCCCCCCCCCCCCCCCCCCCCCCCCCCCCCCCCCCCCCCCC1CCCCC1. The average Bonchev–Trinajstić information content (AvgIpc) is 3.37. The molecular formula is C69H138. The van der Waals surface area contributed by atoms with E-state index in [0.717, 1.165) is 5.92 Å². The fourth-order valence-electron chi connectivity index (χ4n) is 12.4. The molecule has 1 fully saturated rings. The molecular weight excluding hydrogens is 829 g/mol. The van der Waals surface area contributed by atoms with Crippen LogP contribution >= 0.6 is 0 Å². The zero-order valence-electron chi connectivity index (χ0n) is 49.0. The Kier molecular flexibility index (Phi) is 60.5. The van der Waals surface area contributed by atoms with Crippen LogP contribution in [0.3, 0.4) is 0 Å². The Morgan fingerprint density at radius 2 is 0.290 bits per heavy atom. The lowest BCUT2D eigenvalue weighted by Gasteiger charge is -2.21. The third-order valence-electron chi connectivity index (χ3n) is 17.4. The molecule has 1 aliphatic carbocycles. The van der Waals surface area contributed by atoms with E-state index in [1.54, 1.807) is 19.3 Å². The molecule has 0 amide bonds. The van der Waals surface area contributed by atoms with Crippen LogP contribution in [-0.4, -0.2) is 0 Å². The standard InChI is InChI=1S/C69H138/c1-2-3-4-5-6-7-8-9-10-11-12-13-14-15-16-17-18-19-20-21-22-23-24-25-26-27-28-29-30-31-32-33-34-35-36-37-38-39-40-41-42-43-44-45-46-47-48-49-50-51-52-53-54-55-56-57-58-59-60-61-63-66-69-67-64-62-65-68-69/h69H,2-68H2,1H3. The monoisotopic (exact) mass is 967 g/mol. The van der Waals surface area contributed by atoms with Gasteiger partial charge in [0.25, 0.3) is 0 Å². The molecule has 1 aliphatic rings. The third-order valence-corrected chi connectivity index (χ3v) is 17.4. The van der Waals surface area contributed by atoms with E-state index in [1.165, 1.54) is 411 Å². The summed E-state index contributed by atoms with van der Waals surface area (Å²) >= 11 is 0. The van der Waals surface area contributed by atoms with E-state index in [2.05, 4.69) is 6.92 Å². The summed E-state index contributed by atoms with van der Waals surface area (Å²) in [5, 5.41) is 0. The van der Waals surface area contributed by atoms with Crippen LogP contribution in [0.15, 0.2) is 0 Å². The van der Waals surface area contributed by atoms with Crippen LogP contribution in [0.25, 0.3) is 0 Å². The first-order chi connectivity index (χ1) is 34.4. The number of hydrogen-bond acceptors (Lipinski definition) is 0. The molecule has 0 bridgehead atoms. The molecule has 0 aromatic heterocycles. The van der Waals surface area contributed by atoms with Crippen LogP contribution in [0, 0.1) is 5.92 Å². The van der Waals surface area contributed by atoms with E-state index in [4.69, 9.17) is 0 Å². The topological polar surface area (TPSA) is 0 Å². The van der Waals surface area contributed by atoms with Gasteiger partial charge in [-0.05, 0) is 5.92 Å². The number of hydrogen-bond donors (Lipinski definition) is 0. The van der Waals surface area contributed by atoms with Gasteiger partial charge in [0.15, 0.2) is 0 Å². The highest BCUT2D eigenvalue weighted by Gasteiger charge is 2.12. The molecule has 69 heavy (non-hydrogen) atoms. The molecule has 0 aromatic rings. The summed E-state index contributed by atoms with van der Waals surface area (Å²) < 4.78 is 0. The van der Waals surface area contributed by atoms with Gasteiger partial charge in [0.2, 0.25) is 0 Å². The Morgan fingerprint density at radius 3 is 0.435 bits per heavy atom. The molecule has 0 aliphatic heterocycles. The minimum Gasteiger partial charge on any atom is -0.0654 e. The molecule has 0 N–H and O–H groups in total. The molecule has 0 nitrogen and oxygen atoms in total. The van der Waals surface area contributed by atoms with Gasteiger partial charge in [-0.2, -0.15) is 0 Å². The Bertz CT molecular complexity index is 852. The van der Waals surface area contributed by atoms with Gasteiger partial charge in [0.1, 0.15) is 0 Å². The first-order valence-corrected chi connectivity index (χ1v) is 34.4. The molecule has 0 heteroatoms. The second-order valence-corrected chi connectivity index (χ2v) is 24.5. The second kappa shape index (κ2) is 62.3. The van der Waals surface area contributed by atoms with Gasteiger partial charge >= 0.3 is 0 Å². The molecule has 414 valence electrons. The van der Waals surface area contributed by atoms with Crippen molar-refractivity contribution in [2.75, 3.05) is 0 Å². The Hall–Kier alpha value is 0. The van der Waals surface area contributed by atoms with Crippen LogP contribution < -0.4 is 0 Å². The summed E-state index contributed by atoms with van der Waals surface area (Å²) in [5.74, 6) is 1.10. The van der Waals surface area contributed by atoms with Crippen molar-refractivity contribution < 1.29 is 0 Å². The zero-order chi connectivity index (χ0) is 49.0. The Morgan fingerprint density at radius 1 is 0.159 bits per heavy atom. The second-order valence-electron chi connectivity index (χ2n) is 24.5. The van der Waals surface area contributed by atoms with Crippen LogP contribution in [0.4, 0.5) is 0 Å². The predicted octanol–water partition coefficient (Wildman–Crippen LogP) is 26.8. The maximum Gasteiger partial charge on any atom is -0.0414 e. The van der Waals surface area contributed by atoms with Gasteiger partial charge in [0.05, 0.1) is 0 Å². The van der Waals surface area contributed by atoms with Crippen molar-refractivity contribution in [3.05, 3.63) is 0 Å². The average molecular weight is 968 g/mol. The summed E-state index contributed by atoms with van der Waals surface area (Å²) in [6, 6.07) is 0. The van der Waals surface area contributed by atoms with Gasteiger partial charge in [-0.3, -0.25) is 0 Å². The van der Waals surface area contributed by atoms with Crippen LogP contribution in [-0.2, 0) is 0 Å². The fraction of sp³-hybridized carbons (Fsp3) is 1.00. The highest BCUT2D eigenvalue weighted by atomic mass is 14.2. The van der Waals surface area contributed by atoms with Crippen molar-refractivity contribution in [3.8, 4) is 0 Å². The Labute approximate surface area is 441 Å². The van der Waals surface area contributed by atoms with E-state index in [-0.39, 0.29) is 0 Å². The smallest absolute Gasteiger partial charge is 0.0414 e. The molecule has 0 saturated heterocycles. The first-order valence-electron chi connectivity index (χ1n) is 34.4. The quantitative estimate of drug-likeness (QED) is 0.0533. The maximum absolute atomic E-state index is 2.32. The van der Waals surface area contributed by atoms with Crippen LogP contribution in [0.1, 0.15) is 437 Å². The van der Waals surface area contributed by atoms with Gasteiger partial charge in [-0.25, -0.2) is 0 Å². The molecule has 0 unspecified atom stereocenters. The lowest BCUT2D eigenvalue weighted by molar-refractivity contribution is 0.328. The summed E-state index contributed by atoms with van der Waals surface area (Å²) in [6.07, 6.45) is 100. The van der Waals surface area contributed by atoms with E-state index in [0.29, 0.717) is 0 Å². The number of unbranched alkanes of at least 4 members (excludes halogenated alkanes) is 60. The van der Waals surface area contributed by atoms with Crippen molar-refractivity contribution in [2.24, 2.45) is 5.92 Å². The van der Waals surface area contributed by atoms with Crippen molar-refractivity contribution in [3.63, 3.8) is 0 Å². The van der Waals surface area contributed by atoms with Crippen molar-refractivity contribution in [1.29, 1.82) is 0 Å². The van der Waals surface area contributed by atoms with E-state index in [1.807, 2.05) is 0 Å². The fourth-order valence-corrected chi connectivity index (χ4v) is 12.4. The van der Waals surface area contributed by atoms with Gasteiger partial charge in [0, 0.05) is 0 Å². The molecule has 0 heterocycles. The van der Waals surface area contributed by atoms with Crippen molar-refractivity contribution >= 4 is 0 Å². The zero-order valence-corrected chi connectivity index (χ0v) is 49.0. The van der Waals surface area contributed by atoms with Crippen molar-refractivity contribution in [2.45, 2.75) is 437 Å². The minimum atomic E-state index is 1.10. The summed E-state index contributed by atoms with van der Waals surface area (Å²) in [7, 11) is 0. The van der Waals surface area contributed by atoms with Gasteiger partial charge in [-0.15, -0.1) is 0 Å². The lowest BCUT2D eigenvalue weighted by atomic mass is 9.85. The summed E-state index contributed by atoms with van der Waals surface area (Å²) in [4.78, 5) is 0. The van der Waals surface area contributed by atoms with Gasteiger partial charge < -0.3 is 0 Å². The molecule has 0 aromatic carbocycles. The van der Waals surface area contributed by atoms with Crippen LogP contribution in [0.2, 0.25) is 0 Å². The highest BCUT2D eigenvalue weighted by molar-refractivity contribution is 4.66. The third kappa shape index (κ3) is 58.8. The van der Waals surface area contributed by atoms with Crippen molar-refractivity contribution in [1.82, 2.24) is 0 Å². The predicted molar refractivity (Wildman–Crippen MR) is 319 cm³/mol. The van der Waals surface area contributed by atoms with E-state index < -0.39 is 0 Å². The largest absolute Gasteiger partial charge is 0.0654 e. The minimum absolute atomic E-state index is 1.10. The molecule has 0 spiro atoms.